The van der Waals surface area contributed by atoms with E-state index in [0.717, 1.165) is 41.8 Å². The van der Waals surface area contributed by atoms with Gasteiger partial charge in [-0.3, -0.25) is 0 Å². The van der Waals surface area contributed by atoms with Gasteiger partial charge in [-0.05, 0) is 75.9 Å². The first-order chi connectivity index (χ1) is 14.5. The van der Waals surface area contributed by atoms with E-state index in [1.54, 1.807) is 0 Å². The van der Waals surface area contributed by atoms with Crippen molar-refractivity contribution < 1.29 is 4.52 Å². The number of benzene rings is 2. The molecule has 1 aromatic heterocycles. The smallest absolute Gasteiger partial charge is 0.250 e. The van der Waals surface area contributed by atoms with Gasteiger partial charge in [-0.15, -0.1) is 0 Å². The van der Waals surface area contributed by atoms with Gasteiger partial charge in [-0.1, -0.05) is 58.7 Å². The van der Waals surface area contributed by atoms with Crippen molar-refractivity contribution in [3.05, 3.63) is 76.1 Å². The van der Waals surface area contributed by atoms with Crippen LogP contribution in [0.1, 0.15) is 48.7 Å². The van der Waals surface area contributed by atoms with E-state index in [2.05, 4.69) is 60.3 Å². The van der Waals surface area contributed by atoms with Crippen molar-refractivity contribution in [1.29, 1.82) is 0 Å². The predicted molar refractivity (Wildman–Crippen MR) is 122 cm³/mol. The highest BCUT2D eigenvalue weighted by Crippen LogP contribution is 2.39. The summed E-state index contributed by atoms with van der Waals surface area (Å²) in [4.78, 5) is 6.93. The summed E-state index contributed by atoms with van der Waals surface area (Å²) in [7, 11) is 4.33. The normalized spacial score (nSPS) is 17.9. The average molecular weight is 422 g/mol. The minimum atomic E-state index is 0.403. The molecule has 4 nitrogen and oxygen atoms in total. The number of aryl methyl sites for hydroxylation is 1. The molecule has 1 aliphatic carbocycles. The van der Waals surface area contributed by atoms with Crippen LogP contribution in [0, 0.1) is 12.8 Å². The van der Waals surface area contributed by atoms with Gasteiger partial charge in [-0.2, -0.15) is 4.98 Å². The zero-order chi connectivity index (χ0) is 21.1. The van der Waals surface area contributed by atoms with Gasteiger partial charge in [0.2, 0.25) is 5.82 Å². The molecule has 1 unspecified atom stereocenters. The van der Waals surface area contributed by atoms with Gasteiger partial charge in [0.15, 0.2) is 0 Å². The predicted octanol–water partition coefficient (Wildman–Crippen LogP) is 6.57. The van der Waals surface area contributed by atoms with Crippen LogP contribution in [0.4, 0.5) is 0 Å². The summed E-state index contributed by atoms with van der Waals surface area (Å²) in [6.45, 7) is 2.06. The third-order valence-electron chi connectivity index (χ3n) is 6.04. The quantitative estimate of drug-likeness (QED) is 0.466. The van der Waals surface area contributed by atoms with E-state index < -0.39 is 0 Å². The van der Waals surface area contributed by atoms with Crippen molar-refractivity contribution in [3.8, 4) is 11.4 Å². The van der Waals surface area contributed by atoms with Gasteiger partial charge < -0.3 is 9.42 Å². The van der Waals surface area contributed by atoms with Crippen LogP contribution in [0.3, 0.4) is 0 Å². The van der Waals surface area contributed by atoms with Crippen molar-refractivity contribution in [3.63, 3.8) is 0 Å². The molecule has 30 heavy (non-hydrogen) atoms. The maximum atomic E-state index is 6.09. The van der Waals surface area contributed by atoms with Crippen LogP contribution in [0.15, 0.2) is 58.6 Å². The molecule has 0 N–H and O–H groups in total. The molecular weight excluding hydrogens is 394 g/mol. The lowest BCUT2D eigenvalue weighted by molar-refractivity contribution is 0.184. The molecule has 0 bridgehead atoms. The lowest BCUT2D eigenvalue weighted by atomic mass is 9.78. The first kappa shape index (κ1) is 20.8. The van der Waals surface area contributed by atoms with Gasteiger partial charge in [-0.25, -0.2) is 0 Å². The fourth-order valence-corrected chi connectivity index (χ4v) is 4.65. The molecular formula is C25H28ClN3O. The lowest BCUT2D eigenvalue weighted by Gasteiger charge is -2.36. The molecule has 4 rings (SSSR count). The second-order valence-electron chi connectivity index (χ2n) is 8.37. The maximum Gasteiger partial charge on any atom is 0.250 e. The number of allylic oxidation sites excluding steroid dienone is 1. The van der Waals surface area contributed by atoms with E-state index in [9.17, 15) is 0 Å². The summed E-state index contributed by atoms with van der Waals surface area (Å²) >= 11 is 6.09. The minimum absolute atomic E-state index is 0.403. The van der Waals surface area contributed by atoms with Crippen LogP contribution in [-0.4, -0.2) is 29.1 Å². The molecule has 0 saturated heterocycles. The first-order valence-electron chi connectivity index (χ1n) is 10.5. The number of halogens is 1. The Morgan fingerprint density at radius 2 is 1.77 bits per heavy atom. The summed E-state index contributed by atoms with van der Waals surface area (Å²) in [6.07, 6.45) is 6.50. The molecule has 0 spiro atoms. The largest absolute Gasteiger partial charge is 0.334 e. The monoisotopic (exact) mass is 421 g/mol. The Balaban J connectivity index is 1.44. The Bertz CT molecular complexity index is 1010. The third-order valence-corrected chi connectivity index (χ3v) is 6.29. The summed E-state index contributed by atoms with van der Waals surface area (Å²) in [5.41, 5.74) is 4.89. The SMILES string of the molecule is Cc1ccccc1-c1noc(C=C2CCC(C(c3ccc(Cl)cc3)N(C)C)CC2)n1. The van der Waals surface area contributed by atoms with E-state index >= 15 is 0 Å². The summed E-state index contributed by atoms with van der Waals surface area (Å²) in [5, 5.41) is 4.96. The number of hydrogen-bond donors (Lipinski definition) is 0. The van der Waals surface area contributed by atoms with E-state index in [1.807, 2.05) is 30.3 Å². The van der Waals surface area contributed by atoms with Crippen molar-refractivity contribution >= 4 is 17.7 Å². The molecule has 0 aliphatic heterocycles. The van der Waals surface area contributed by atoms with Gasteiger partial charge >= 0.3 is 0 Å². The molecule has 2 aromatic carbocycles. The summed E-state index contributed by atoms with van der Waals surface area (Å²) in [6, 6.07) is 16.8. The standard InChI is InChI=1S/C25H28ClN3O/c1-17-6-4-5-7-22(17)25-27-23(30-28-25)16-18-8-10-19(11-9-18)24(29(2)3)20-12-14-21(26)15-13-20/h4-7,12-16,19,24H,8-11H2,1-3H3. The van der Waals surface area contributed by atoms with E-state index in [0.29, 0.717) is 23.7 Å². The zero-order valence-corrected chi connectivity index (χ0v) is 18.6. The van der Waals surface area contributed by atoms with E-state index in [1.165, 1.54) is 11.1 Å². The van der Waals surface area contributed by atoms with Gasteiger partial charge in [0.25, 0.3) is 5.89 Å². The van der Waals surface area contributed by atoms with Crippen molar-refractivity contribution in [1.82, 2.24) is 15.0 Å². The summed E-state index contributed by atoms with van der Waals surface area (Å²) in [5.74, 6) is 1.87. The Labute approximate surface area is 183 Å². The molecule has 1 heterocycles. The van der Waals surface area contributed by atoms with Crippen LogP contribution >= 0.6 is 11.6 Å². The Morgan fingerprint density at radius 1 is 1.07 bits per heavy atom. The maximum absolute atomic E-state index is 6.09. The van der Waals surface area contributed by atoms with Gasteiger partial charge in [0, 0.05) is 22.7 Å². The van der Waals surface area contributed by atoms with Crippen molar-refractivity contribution in [2.45, 2.75) is 38.6 Å². The molecule has 0 amide bonds. The van der Waals surface area contributed by atoms with Crippen LogP contribution < -0.4 is 0 Å². The minimum Gasteiger partial charge on any atom is -0.334 e. The van der Waals surface area contributed by atoms with Crippen LogP contribution in [0.25, 0.3) is 17.5 Å². The molecule has 1 atom stereocenters. The molecule has 156 valence electrons. The van der Waals surface area contributed by atoms with Crippen LogP contribution in [0.2, 0.25) is 5.02 Å². The zero-order valence-electron chi connectivity index (χ0n) is 17.8. The van der Waals surface area contributed by atoms with Crippen molar-refractivity contribution in [2.75, 3.05) is 14.1 Å². The molecule has 5 heteroatoms. The summed E-state index contributed by atoms with van der Waals surface area (Å²) < 4.78 is 5.51. The van der Waals surface area contributed by atoms with E-state index in [-0.39, 0.29) is 0 Å². The van der Waals surface area contributed by atoms with E-state index in [4.69, 9.17) is 16.1 Å². The van der Waals surface area contributed by atoms with Gasteiger partial charge in [0.1, 0.15) is 0 Å². The Hall–Kier alpha value is -2.43. The fourth-order valence-electron chi connectivity index (χ4n) is 4.52. The first-order valence-corrected chi connectivity index (χ1v) is 10.9. The molecule has 1 saturated carbocycles. The number of aromatic nitrogens is 2. The third kappa shape index (κ3) is 4.66. The molecule has 1 fully saturated rings. The van der Waals surface area contributed by atoms with Gasteiger partial charge in [0.05, 0.1) is 0 Å². The fraction of sp³-hybridized carbons (Fsp3) is 0.360. The lowest BCUT2D eigenvalue weighted by Crippen LogP contribution is -2.29. The molecule has 3 aromatic rings. The second kappa shape index (κ2) is 9.15. The van der Waals surface area contributed by atoms with Crippen molar-refractivity contribution in [2.24, 2.45) is 5.92 Å². The molecule has 1 aliphatic rings. The highest BCUT2D eigenvalue weighted by Gasteiger charge is 2.28. The highest BCUT2D eigenvalue weighted by atomic mass is 35.5. The Kier molecular flexibility index (Phi) is 6.35. The number of nitrogens with zero attached hydrogens (tertiary/aromatic N) is 3. The number of rotatable bonds is 5. The Morgan fingerprint density at radius 3 is 2.43 bits per heavy atom. The molecule has 0 radical (unpaired) electrons. The topological polar surface area (TPSA) is 42.2 Å². The van der Waals surface area contributed by atoms with Crippen LogP contribution in [0.5, 0.6) is 0 Å². The number of hydrogen-bond acceptors (Lipinski definition) is 4. The average Bonchev–Trinajstić information content (AvgIpc) is 3.19. The van der Waals surface area contributed by atoms with Crippen LogP contribution in [-0.2, 0) is 0 Å². The second-order valence-corrected chi connectivity index (χ2v) is 8.81. The highest BCUT2D eigenvalue weighted by molar-refractivity contribution is 6.30.